The third-order valence-electron chi connectivity index (χ3n) is 2.06. The van der Waals surface area contributed by atoms with Gasteiger partial charge in [-0.25, -0.2) is 0 Å². The van der Waals surface area contributed by atoms with Crippen molar-refractivity contribution in [2.75, 3.05) is 19.6 Å². The van der Waals surface area contributed by atoms with Crippen LogP contribution < -0.4 is 0 Å². The molecule has 0 aliphatic heterocycles. The smallest absolute Gasteiger partial charge is 0.00189 e. The van der Waals surface area contributed by atoms with E-state index in [0.717, 1.165) is 0 Å². The highest BCUT2D eigenvalue weighted by Crippen LogP contribution is 1.98. The summed E-state index contributed by atoms with van der Waals surface area (Å²) in [6.45, 7) is 14.6. The van der Waals surface area contributed by atoms with Crippen molar-refractivity contribution in [1.29, 1.82) is 0 Å². The van der Waals surface area contributed by atoms with Crippen molar-refractivity contribution in [3.05, 3.63) is 0 Å². The van der Waals surface area contributed by atoms with Crippen LogP contribution in [0, 0.1) is 0 Å². The van der Waals surface area contributed by atoms with Crippen molar-refractivity contribution < 1.29 is 0 Å². The minimum atomic E-state index is 1.22. The fourth-order valence-electron chi connectivity index (χ4n) is 1.33. The Bertz CT molecular complexity index is 71.5. The summed E-state index contributed by atoms with van der Waals surface area (Å²) in [6.07, 6.45) is 5.40. The van der Waals surface area contributed by atoms with E-state index < -0.39 is 0 Å². The molecule has 0 aromatic heterocycles. The molecule has 0 spiro atoms. The van der Waals surface area contributed by atoms with E-state index in [1.165, 1.54) is 45.3 Å². The lowest BCUT2D eigenvalue weighted by molar-refractivity contribution is 0.282. The van der Waals surface area contributed by atoms with Crippen molar-refractivity contribution in [3.63, 3.8) is 0 Å². The van der Waals surface area contributed by atoms with Gasteiger partial charge >= 0.3 is 0 Å². The number of unbranched alkanes of at least 4 members (excludes halogenated alkanes) is 2. The molecule has 0 saturated heterocycles. The lowest BCUT2D eigenvalue weighted by Gasteiger charge is -2.18. The van der Waals surface area contributed by atoms with Gasteiger partial charge < -0.3 is 4.90 Å². The second kappa shape index (κ2) is 14.5. The molecular formula is C12H29N. The molecule has 1 nitrogen and oxygen atoms in total. The van der Waals surface area contributed by atoms with E-state index in [1.54, 1.807) is 0 Å². The first kappa shape index (κ1) is 15.4. The van der Waals surface area contributed by atoms with Crippen LogP contribution in [-0.4, -0.2) is 24.5 Å². The number of rotatable bonds is 7. The lowest BCUT2D eigenvalue weighted by atomic mass is 10.2. The van der Waals surface area contributed by atoms with Crippen molar-refractivity contribution in [1.82, 2.24) is 4.90 Å². The van der Waals surface area contributed by atoms with Gasteiger partial charge in [0.25, 0.3) is 0 Å². The van der Waals surface area contributed by atoms with Crippen LogP contribution in [0.2, 0.25) is 0 Å². The molecule has 1 heteroatoms. The Kier molecular flexibility index (Phi) is 17.2. The second-order valence-corrected chi connectivity index (χ2v) is 3.14. The first-order chi connectivity index (χ1) is 6.35. The van der Waals surface area contributed by atoms with Gasteiger partial charge in [0.2, 0.25) is 0 Å². The van der Waals surface area contributed by atoms with Crippen LogP contribution in [0.1, 0.15) is 60.3 Å². The fourth-order valence-corrected chi connectivity index (χ4v) is 1.33. The quantitative estimate of drug-likeness (QED) is 0.546. The summed E-state index contributed by atoms with van der Waals surface area (Å²) >= 11 is 0. The zero-order valence-corrected chi connectivity index (χ0v) is 10.4. The van der Waals surface area contributed by atoms with Crippen LogP contribution in [0.15, 0.2) is 0 Å². The summed E-state index contributed by atoms with van der Waals surface area (Å²) in [5.74, 6) is 0. The monoisotopic (exact) mass is 187 g/mol. The van der Waals surface area contributed by atoms with Gasteiger partial charge in [0, 0.05) is 0 Å². The number of nitrogens with zero attached hydrogens (tertiary/aromatic N) is 1. The van der Waals surface area contributed by atoms with Crippen molar-refractivity contribution in [2.45, 2.75) is 60.3 Å². The third kappa shape index (κ3) is 12.0. The van der Waals surface area contributed by atoms with Crippen LogP contribution in [0.5, 0.6) is 0 Å². The molecule has 0 aromatic carbocycles. The van der Waals surface area contributed by atoms with Crippen LogP contribution in [0.4, 0.5) is 0 Å². The van der Waals surface area contributed by atoms with E-state index in [0.29, 0.717) is 0 Å². The van der Waals surface area contributed by atoms with Crippen LogP contribution in [-0.2, 0) is 0 Å². The molecule has 0 bridgehead atoms. The molecule has 0 aliphatic carbocycles. The normalized spacial score (nSPS) is 9.69. The summed E-state index contributed by atoms with van der Waals surface area (Å²) in [5.41, 5.74) is 0. The lowest BCUT2D eigenvalue weighted by Crippen LogP contribution is -2.25. The van der Waals surface area contributed by atoms with Gasteiger partial charge in [-0.2, -0.15) is 0 Å². The Hall–Kier alpha value is -0.0400. The molecule has 0 rings (SSSR count). The molecule has 0 amide bonds. The summed E-state index contributed by atoms with van der Waals surface area (Å²) in [4.78, 5) is 2.54. The summed E-state index contributed by atoms with van der Waals surface area (Å²) in [7, 11) is 0. The topological polar surface area (TPSA) is 3.24 Å². The van der Waals surface area contributed by atoms with E-state index in [1.807, 2.05) is 13.8 Å². The van der Waals surface area contributed by atoms with E-state index in [4.69, 9.17) is 0 Å². The summed E-state index contributed by atoms with van der Waals surface area (Å²) < 4.78 is 0. The Balaban J connectivity index is 0. The largest absolute Gasteiger partial charge is 0.304 e. The van der Waals surface area contributed by atoms with Gasteiger partial charge in [0.15, 0.2) is 0 Å². The Morgan fingerprint density at radius 1 is 0.769 bits per heavy atom. The van der Waals surface area contributed by atoms with Gasteiger partial charge in [-0.3, -0.25) is 0 Å². The predicted octanol–water partition coefficient (Wildman–Crippen LogP) is 3.93. The first-order valence-corrected chi connectivity index (χ1v) is 6.07. The maximum absolute atomic E-state index is 2.54. The minimum Gasteiger partial charge on any atom is -0.304 e. The summed E-state index contributed by atoms with van der Waals surface area (Å²) in [6, 6.07) is 0. The van der Waals surface area contributed by atoms with Gasteiger partial charge in [-0.1, -0.05) is 47.5 Å². The highest BCUT2D eigenvalue weighted by atomic mass is 15.1. The molecule has 0 aromatic rings. The summed E-state index contributed by atoms with van der Waals surface area (Å²) in [5, 5.41) is 0. The SMILES string of the molecule is CC.CCCCCN(CC)CCC. The first-order valence-electron chi connectivity index (χ1n) is 6.07. The Morgan fingerprint density at radius 3 is 1.77 bits per heavy atom. The van der Waals surface area contributed by atoms with Gasteiger partial charge in [-0.15, -0.1) is 0 Å². The van der Waals surface area contributed by atoms with Crippen molar-refractivity contribution in [3.8, 4) is 0 Å². The average molecular weight is 187 g/mol. The highest BCUT2D eigenvalue weighted by Gasteiger charge is 1.98. The zero-order valence-electron chi connectivity index (χ0n) is 10.4. The Morgan fingerprint density at radius 2 is 1.38 bits per heavy atom. The van der Waals surface area contributed by atoms with Gasteiger partial charge in [-0.05, 0) is 32.5 Å². The van der Waals surface area contributed by atoms with Crippen molar-refractivity contribution >= 4 is 0 Å². The molecule has 0 unspecified atom stereocenters. The van der Waals surface area contributed by atoms with E-state index in [2.05, 4.69) is 25.7 Å². The molecule has 0 saturated carbocycles. The number of hydrogen-bond acceptors (Lipinski definition) is 1. The molecular weight excluding hydrogens is 158 g/mol. The second-order valence-electron chi connectivity index (χ2n) is 3.14. The fraction of sp³-hybridized carbons (Fsp3) is 1.00. The molecule has 0 fully saturated rings. The standard InChI is InChI=1S/C10H23N.C2H6/c1-4-7-8-10-11(6-3)9-5-2;1-2/h4-10H2,1-3H3;1-2H3. The number of hydrogen-bond donors (Lipinski definition) is 0. The minimum absolute atomic E-state index is 1.22. The molecule has 13 heavy (non-hydrogen) atoms. The third-order valence-corrected chi connectivity index (χ3v) is 2.06. The predicted molar refractivity (Wildman–Crippen MR) is 63.3 cm³/mol. The van der Waals surface area contributed by atoms with Crippen molar-refractivity contribution in [2.24, 2.45) is 0 Å². The molecule has 0 atom stereocenters. The molecule has 0 N–H and O–H groups in total. The Labute approximate surface area is 85.5 Å². The van der Waals surface area contributed by atoms with Crippen LogP contribution in [0.3, 0.4) is 0 Å². The van der Waals surface area contributed by atoms with Crippen LogP contribution in [0.25, 0.3) is 0 Å². The average Bonchev–Trinajstić information content (AvgIpc) is 2.20. The van der Waals surface area contributed by atoms with Gasteiger partial charge in [0.1, 0.15) is 0 Å². The maximum Gasteiger partial charge on any atom is -0.00189 e. The van der Waals surface area contributed by atoms with E-state index in [-0.39, 0.29) is 0 Å². The maximum atomic E-state index is 2.54. The highest BCUT2D eigenvalue weighted by molar-refractivity contribution is 4.53. The van der Waals surface area contributed by atoms with Gasteiger partial charge in [0.05, 0.1) is 0 Å². The molecule has 0 heterocycles. The molecule has 82 valence electrons. The zero-order chi connectivity index (χ0) is 10.5. The molecule has 0 aliphatic rings. The van der Waals surface area contributed by atoms with E-state index >= 15 is 0 Å². The van der Waals surface area contributed by atoms with E-state index in [9.17, 15) is 0 Å². The van der Waals surface area contributed by atoms with Crippen LogP contribution >= 0.6 is 0 Å². The molecule has 0 radical (unpaired) electrons.